The number of hydrogen-bond donors (Lipinski definition) is 0. The van der Waals surface area contributed by atoms with Crippen LogP contribution in [0.3, 0.4) is 0 Å². The lowest BCUT2D eigenvalue weighted by Crippen LogP contribution is -1.96. The average molecular weight is 326 g/mol. The first kappa shape index (κ1) is 17.6. The minimum atomic E-state index is -0.0726. The van der Waals surface area contributed by atoms with E-state index in [2.05, 4.69) is 0 Å². The lowest BCUT2D eigenvalue weighted by Gasteiger charge is -2.10. The number of rotatable bonds is 7. The molecule has 0 unspecified atom stereocenters. The fraction of sp³-hybridized carbons (Fsp3) is 0.250. The fourth-order valence-corrected chi connectivity index (χ4v) is 2.35. The standard InChI is InChI=1S/C20H22O4/c1-5-24-17-9-7-16(8-10-17)18(21)11-6-15-12-19(22-3)14(2)20(13-15)23-4/h6-13H,5H2,1-4H3/b11-6+. The number of carbonyl (C=O) groups excluding carboxylic acids is 1. The lowest BCUT2D eigenvalue weighted by molar-refractivity contribution is 0.104. The number of carbonyl (C=O) groups is 1. The molecule has 0 aliphatic rings. The Morgan fingerprint density at radius 2 is 1.62 bits per heavy atom. The molecule has 0 aromatic heterocycles. The fourth-order valence-electron chi connectivity index (χ4n) is 2.35. The Morgan fingerprint density at radius 3 is 2.12 bits per heavy atom. The lowest BCUT2D eigenvalue weighted by atomic mass is 10.1. The van der Waals surface area contributed by atoms with Crippen molar-refractivity contribution >= 4 is 11.9 Å². The first-order chi connectivity index (χ1) is 11.6. The molecule has 0 aliphatic carbocycles. The molecule has 0 N–H and O–H groups in total. The Kier molecular flexibility index (Phi) is 6.01. The summed E-state index contributed by atoms with van der Waals surface area (Å²) in [5.74, 6) is 2.13. The zero-order valence-electron chi connectivity index (χ0n) is 14.5. The summed E-state index contributed by atoms with van der Waals surface area (Å²) >= 11 is 0. The number of methoxy groups -OCH3 is 2. The second-order valence-corrected chi connectivity index (χ2v) is 5.21. The first-order valence-electron chi connectivity index (χ1n) is 7.77. The first-order valence-corrected chi connectivity index (χ1v) is 7.77. The normalized spacial score (nSPS) is 10.7. The Labute approximate surface area is 142 Å². The van der Waals surface area contributed by atoms with Crippen LogP contribution in [0.15, 0.2) is 42.5 Å². The highest BCUT2D eigenvalue weighted by Gasteiger charge is 2.08. The second-order valence-electron chi connectivity index (χ2n) is 5.21. The number of hydrogen-bond acceptors (Lipinski definition) is 4. The van der Waals surface area contributed by atoms with Gasteiger partial charge in [0.2, 0.25) is 0 Å². The maximum Gasteiger partial charge on any atom is 0.185 e. The maximum absolute atomic E-state index is 12.3. The molecule has 2 rings (SSSR count). The molecule has 0 atom stereocenters. The summed E-state index contributed by atoms with van der Waals surface area (Å²) in [6.07, 6.45) is 3.29. The van der Waals surface area contributed by atoms with Gasteiger partial charge in [0, 0.05) is 11.1 Å². The third kappa shape index (κ3) is 4.16. The molecule has 4 nitrogen and oxygen atoms in total. The van der Waals surface area contributed by atoms with Crippen molar-refractivity contribution in [1.29, 1.82) is 0 Å². The predicted octanol–water partition coefficient (Wildman–Crippen LogP) is 4.31. The smallest absolute Gasteiger partial charge is 0.185 e. The van der Waals surface area contributed by atoms with E-state index < -0.39 is 0 Å². The van der Waals surface area contributed by atoms with Gasteiger partial charge in [-0.05, 0) is 61.9 Å². The molecule has 0 radical (unpaired) electrons. The third-order valence-electron chi connectivity index (χ3n) is 3.65. The van der Waals surface area contributed by atoms with Crippen molar-refractivity contribution in [2.45, 2.75) is 13.8 Å². The van der Waals surface area contributed by atoms with Gasteiger partial charge >= 0.3 is 0 Å². The molecular formula is C20H22O4. The highest BCUT2D eigenvalue weighted by atomic mass is 16.5. The van der Waals surface area contributed by atoms with E-state index in [9.17, 15) is 4.79 Å². The van der Waals surface area contributed by atoms with E-state index >= 15 is 0 Å². The topological polar surface area (TPSA) is 44.8 Å². The van der Waals surface area contributed by atoms with Crippen molar-refractivity contribution in [2.24, 2.45) is 0 Å². The Bertz CT molecular complexity index is 705. The van der Waals surface area contributed by atoms with Crippen LogP contribution in [-0.2, 0) is 0 Å². The molecular weight excluding hydrogens is 304 g/mol. The van der Waals surface area contributed by atoms with Crippen LogP contribution in [0, 0.1) is 6.92 Å². The van der Waals surface area contributed by atoms with Crippen LogP contribution in [-0.4, -0.2) is 26.6 Å². The van der Waals surface area contributed by atoms with Gasteiger partial charge in [-0.2, -0.15) is 0 Å². The zero-order valence-corrected chi connectivity index (χ0v) is 14.5. The highest BCUT2D eigenvalue weighted by Crippen LogP contribution is 2.30. The number of ketones is 1. The predicted molar refractivity (Wildman–Crippen MR) is 95.3 cm³/mol. The van der Waals surface area contributed by atoms with Gasteiger partial charge in [-0.3, -0.25) is 4.79 Å². The van der Waals surface area contributed by atoms with Gasteiger partial charge in [0.05, 0.1) is 20.8 Å². The second kappa shape index (κ2) is 8.20. The molecule has 2 aromatic rings. The number of ether oxygens (including phenoxy) is 3. The molecule has 0 spiro atoms. The highest BCUT2D eigenvalue weighted by molar-refractivity contribution is 6.06. The molecule has 0 amide bonds. The van der Waals surface area contributed by atoms with Gasteiger partial charge in [-0.1, -0.05) is 6.08 Å². The third-order valence-corrected chi connectivity index (χ3v) is 3.65. The van der Waals surface area contributed by atoms with E-state index in [0.29, 0.717) is 12.2 Å². The van der Waals surface area contributed by atoms with Gasteiger partial charge in [-0.25, -0.2) is 0 Å². The number of allylic oxidation sites excluding steroid dienone is 1. The van der Waals surface area contributed by atoms with Gasteiger partial charge in [-0.15, -0.1) is 0 Å². The summed E-state index contributed by atoms with van der Waals surface area (Å²) in [5, 5.41) is 0. The monoisotopic (exact) mass is 326 g/mol. The van der Waals surface area contributed by atoms with E-state index in [1.165, 1.54) is 0 Å². The average Bonchev–Trinajstić information content (AvgIpc) is 2.61. The van der Waals surface area contributed by atoms with Crippen LogP contribution in [0.5, 0.6) is 17.2 Å². The molecule has 24 heavy (non-hydrogen) atoms. The van der Waals surface area contributed by atoms with E-state index in [1.54, 1.807) is 50.6 Å². The quantitative estimate of drug-likeness (QED) is 0.562. The molecule has 0 fully saturated rings. The summed E-state index contributed by atoms with van der Waals surface area (Å²) < 4.78 is 16.1. The van der Waals surface area contributed by atoms with Crippen LogP contribution in [0.1, 0.15) is 28.4 Å². The van der Waals surface area contributed by atoms with Crippen molar-refractivity contribution < 1.29 is 19.0 Å². The zero-order chi connectivity index (χ0) is 17.5. The maximum atomic E-state index is 12.3. The summed E-state index contributed by atoms with van der Waals surface area (Å²) in [6, 6.07) is 10.9. The van der Waals surface area contributed by atoms with Crippen LogP contribution < -0.4 is 14.2 Å². The van der Waals surface area contributed by atoms with E-state index in [0.717, 1.165) is 28.4 Å². The van der Waals surface area contributed by atoms with Gasteiger partial charge in [0.1, 0.15) is 17.2 Å². The Hall–Kier alpha value is -2.75. The van der Waals surface area contributed by atoms with E-state index in [-0.39, 0.29) is 5.78 Å². The van der Waals surface area contributed by atoms with Gasteiger partial charge < -0.3 is 14.2 Å². The molecule has 0 saturated carbocycles. The van der Waals surface area contributed by atoms with Crippen LogP contribution in [0.4, 0.5) is 0 Å². The van der Waals surface area contributed by atoms with Gasteiger partial charge in [0.15, 0.2) is 5.78 Å². The largest absolute Gasteiger partial charge is 0.496 e. The molecule has 0 aliphatic heterocycles. The summed E-state index contributed by atoms with van der Waals surface area (Å²) in [4.78, 5) is 12.3. The summed E-state index contributed by atoms with van der Waals surface area (Å²) in [6.45, 7) is 4.45. The summed E-state index contributed by atoms with van der Waals surface area (Å²) in [7, 11) is 3.22. The minimum Gasteiger partial charge on any atom is -0.496 e. The molecule has 4 heteroatoms. The van der Waals surface area contributed by atoms with E-state index in [4.69, 9.17) is 14.2 Å². The molecule has 2 aromatic carbocycles. The molecule has 0 bridgehead atoms. The van der Waals surface area contributed by atoms with Crippen LogP contribution >= 0.6 is 0 Å². The van der Waals surface area contributed by atoms with Crippen molar-refractivity contribution in [3.05, 3.63) is 59.2 Å². The number of benzene rings is 2. The molecule has 0 saturated heterocycles. The van der Waals surface area contributed by atoms with Crippen LogP contribution in [0.25, 0.3) is 6.08 Å². The SMILES string of the molecule is CCOc1ccc(C(=O)/C=C/c2cc(OC)c(C)c(OC)c2)cc1. The van der Waals surface area contributed by atoms with Gasteiger partial charge in [0.25, 0.3) is 0 Å². The summed E-state index contributed by atoms with van der Waals surface area (Å²) in [5.41, 5.74) is 2.38. The molecule has 0 heterocycles. The molecule has 126 valence electrons. The Balaban J connectivity index is 2.19. The van der Waals surface area contributed by atoms with Crippen molar-refractivity contribution in [2.75, 3.05) is 20.8 Å². The van der Waals surface area contributed by atoms with Crippen molar-refractivity contribution in [3.8, 4) is 17.2 Å². The Morgan fingerprint density at radius 1 is 1.04 bits per heavy atom. The van der Waals surface area contributed by atoms with Crippen molar-refractivity contribution in [3.63, 3.8) is 0 Å². The van der Waals surface area contributed by atoms with E-state index in [1.807, 2.05) is 26.0 Å². The van der Waals surface area contributed by atoms with Crippen molar-refractivity contribution in [1.82, 2.24) is 0 Å². The van der Waals surface area contributed by atoms with Crippen LogP contribution in [0.2, 0.25) is 0 Å². The minimum absolute atomic E-state index is 0.0726.